The smallest absolute Gasteiger partial charge is 0.0824 e. The van der Waals surface area contributed by atoms with Gasteiger partial charge in [0.25, 0.3) is 0 Å². The van der Waals surface area contributed by atoms with Crippen LogP contribution in [0.5, 0.6) is 0 Å². The first kappa shape index (κ1) is 6.99. The summed E-state index contributed by atoms with van der Waals surface area (Å²) in [6.45, 7) is 2.16. The molecule has 1 heterocycles. The summed E-state index contributed by atoms with van der Waals surface area (Å²) in [6, 6.07) is 0. The second-order valence-electron chi connectivity index (χ2n) is 2.50. The van der Waals surface area contributed by atoms with Crippen molar-refractivity contribution in [3.63, 3.8) is 0 Å². The van der Waals surface area contributed by atoms with E-state index in [-0.39, 0.29) is 6.10 Å². The van der Waals surface area contributed by atoms with E-state index in [1.807, 2.05) is 0 Å². The molecule has 1 fully saturated rings. The van der Waals surface area contributed by atoms with E-state index in [2.05, 4.69) is 0 Å². The Hall–Kier alpha value is -0.120. The van der Waals surface area contributed by atoms with Gasteiger partial charge in [-0.2, -0.15) is 0 Å². The van der Waals surface area contributed by atoms with Crippen LogP contribution in [0.2, 0.25) is 0 Å². The van der Waals surface area contributed by atoms with Crippen LogP contribution in [0.3, 0.4) is 0 Å². The summed E-state index contributed by atoms with van der Waals surface area (Å²) in [5.41, 5.74) is 0. The zero-order valence-electron chi connectivity index (χ0n) is 5.45. The van der Waals surface area contributed by atoms with Crippen LogP contribution < -0.4 is 0 Å². The Balaban J connectivity index is 2.35. The van der Waals surface area contributed by atoms with Crippen molar-refractivity contribution in [1.82, 2.24) is 0 Å². The summed E-state index contributed by atoms with van der Waals surface area (Å²) in [5, 5.41) is 18.0. The highest BCUT2D eigenvalue weighted by atomic mass is 16.5. The molecule has 3 heteroatoms. The van der Waals surface area contributed by atoms with Gasteiger partial charge in [-0.25, -0.2) is 0 Å². The van der Waals surface area contributed by atoms with Crippen LogP contribution in [-0.4, -0.2) is 35.1 Å². The largest absolute Gasteiger partial charge is 0.391 e. The minimum Gasteiger partial charge on any atom is -0.391 e. The Labute approximate surface area is 54.3 Å². The molecule has 1 saturated heterocycles. The lowest BCUT2D eigenvalue weighted by molar-refractivity contribution is -0.115. The highest BCUT2D eigenvalue weighted by Gasteiger charge is 2.24. The molecule has 0 radical (unpaired) electrons. The van der Waals surface area contributed by atoms with Gasteiger partial charge in [-0.05, 0) is 6.92 Å². The van der Waals surface area contributed by atoms with E-state index in [1.165, 1.54) is 0 Å². The molecule has 0 bridgehead atoms. The van der Waals surface area contributed by atoms with Gasteiger partial charge in [0.1, 0.15) is 0 Å². The van der Waals surface area contributed by atoms with Crippen molar-refractivity contribution in [3.8, 4) is 0 Å². The predicted octanol–water partition coefficient (Wildman–Crippen LogP) is -0.483. The molecule has 0 saturated carbocycles. The Kier molecular flexibility index (Phi) is 2.05. The Morgan fingerprint density at radius 3 is 2.56 bits per heavy atom. The molecule has 1 unspecified atom stereocenters. The van der Waals surface area contributed by atoms with Crippen molar-refractivity contribution in [2.75, 3.05) is 6.61 Å². The molecule has 0 spiro atoms. The van der Waals surface area contributed by atoms with E-state index in [0.29, 0.717) is 13.0 Å². The van der Waals surface area contributed by atoms with Crippen molar-refractivity contribution >= 4 is 0 Å². The summed E-state index contributed by atoms with van der Waals surface area (Å²) in [4.78, 5) is 0. The number of rotatable bonds is 0. The second kappa shape index (κ2) is 2.64. The molecule has 54 valence electrons. The molecule has 0 aromatic carbocycles. The Morgan fingerprint density at radius 1 is 1.44 bits per heavy atom. The van der Waals surface area contributed by atoms with E-state index in [0.717, 1.165) is 0 Å². The molecular formula is C6H12O3. The molecule has 0 aromatic heterocycles. The Morgan fingerprint density at radius 2 is 2.11 bits per heavy atom. The standard InChI is InChI=1S/C6H12O3/c1-4-6(8)2-5(7)3-9-4/h4-8H,2-3H2,1H3/t4-,5+,6?/m1/s1. The fourth-order valence-corrected chi connectivity index (χ4v) is 0.912. The van der Waals surface area contributed by atoms with Gasteiger partial charge in [0, 0.05) is 6.42 Å². The maximum atomic E-state index is 9.06. The summed E-state index contributed by atoms with van der Waals surface area (Å²) in [7, 11) is 0. The molecule has 1 rings (SSSR count). The van der Waals surface area contributed by atoms with Gasteiger partial charge in [-0.15, -0.1) is 0 Å². The number of ether oxygens (including phenoxy) is 1. The van der Waals surface area contributed by atoms with Gasteiger partial charge in [0.15, 0.2) is 0 Å². The highest BCUT2D eigenvalue weighted by Crippen LogP contribution is 2.12. The first-order chi connectivity index (χ1) is 4.20. The van der Waals surface area contributed by atoms with Crippen LogP contribution in [0.1, 0.15) is 13.3 Å². The number of hydrogen-bond acceptors (Lipinski definition) is 3. The van der Waals surface area contributed by atoms with Gasteiger partial charge in [0.2, 0.25) is 0 Å². The molecule has 0 aromatic rings. The lowest BCUT2D eigenvalue weighted by Crippen LogP contribution is -2.39. The summed E-state index contributed by atoms with van der Waals surface area (Å²) in [5.74, 6) is 0. The SMILES string of the molecule is C[C@H]1OC[C@@H](O)CC1O. The quantitative estimate of drug-likeness (QED) is 0.468. The van der Waals surface area contributed by atoms with Gasteiger partial charge >= 0.3 is 0 Å². The minimum absolute atomic E-state index is 0.117. The molecule has 0 aliphatic carbocycles. The first-order valence-electron chi connectivity index (χ1n) is 3.18. The van der Waals surface area contributed by atoms with Crippen LogP contribution in [0.15, 0.2) is 0 Å². The van der Waals surface area contributed by atoms with Crippen LogP contribution in [0.4, 0.5) is 0 Å². The van der Waals surface area contributed by atoms with Crippen molar-refractivity contribution in [1.29, 1.82) is 0 Å². The average Bonchev–Trinajstić information content (AvgIpc) is 1.80. The first-order valence-corrected chi connectivity index (χ1v) is 3.18. The second-order valence-corrected chi connectivity index (χ2v) is 2.50. The zero-order valence-corrected chi connectivity index (χ0v) is 5.45. The van der Waals surface area contributed by atoms with Gasteiger partial charge < -0.3 is 14.9 Å². The third-order valence-corrected chi connectivity index (χ3v) is 1.61. The molecule has 9 heavy (non-hydrogen) atoms. The van der Waals surface area contributed by atoms with E-state index in [4.69, 9.17) is 14.9 Å². The van der Waals surface area contributed by atoms with E-state index >= 15 is 0 Å². The molecule has 3 nitrogen and oxygen atoms in total. The van der Waals surface area contributed by atoms with Crippen molar-refractivity contribution < 1.29 is 14.9 Å². The summed E-state index contributed by atoms with van der Waals surface area (Å²) >= 11 is 0. The lowest BCUT2D eigenvalue weighted by atomic mass is 10.1. The van der Waals surface area contributed by atoms with Crippen molar-refractivity contribution in [3.05, 3.63) is 0 Å². The molecule has 0 amide bonds. The minimum atomic E-state index is -0.492. The summed E-state index contributed by atoms with van der Waals surface area (Å²) < 4.78 is 5.00. The van der Waals surface area contributed by atoms with Crippen LogP contribution >= 0.6 is 0 Å². The molecule has 1 aliphatic rings. The van der Waals surface area contributed by atoms with Crippen molar-refractivity contribution in [2.24, 2.45) is 0 Å². The molecule has 1 aliphatic heterocycles. The maximum Gasteiger partial charge on any atom is 0.0824 e. The van der Waals surface area contributed by atoms with Gasteiger partial charge in [-0.1, -0.05) is 0 Å². The van der Waals surface area contributed by atoms with E-state index in [9.17, 15) is 0 Å². The average molecular weight is 132 g/mol. The monoisotopic (exact) mass is 132 g/mol. The van der Waals surface area contributed by atoms with Crippen LogP contribution in [0.25, 0.3) is 0 Å². The Bertz CT molecular complexity index is 94.3. The number of hydrogen-bond donors (Lipinski definition) is 2. The van der Waals surface area contributed by atoms with Gasteiger partial charge in [-0.3, -0.25) is 0 Å². The zero-order chi connectivity index (χ0) is 6.85. The van der Waals surface area contributed by atoms with E-state index < -0.39 is 12.2 Å². The van der Waals surface area contributed by atoms with Crippen LogP contribution in [-0.2, 0) is 4.74 Å². The van der Waals surface area contributed by atoms with E-state index in [1.54, 1.807) is 6.92 Å². The molecule has 3 atom stereocenters. The predicted molar refractivity (Wildman–Crippen MR) is 32.0 cm³/mol. The highest BCUT2D eigenvalue weighted by molar-refractivity contribution is 4.74. The lowest BCUT2D eigenvalue weighted by Gasteiger charge is -2.28. The summed E-state index contributed by atoms with van der Waals surface area (Å²) in [6.07, 6.45) is -0.639. The molecule has 2 N–H and O–H groups in total. The van der Waals surface area contributed by atoms with Crippen molar-refractivity contribution in [2.45, 2.75) is 31.7 Å². The molecular weight excluding hydrogens is 120 g/mol. The number of aliphatic hydroxyl groups is 2. The normalized spacial score (nSPS) is 45.0. The third-order valence-electron chi connectivity index (χ3n) is 1.61. The maximum absolute atomic E-state index is 9.06. The topological polar surface area (TPSA) is 49.7 Å². The third kappa shape index (κ3) is 1.64. The fraction of sp³-hybridized carbons (Fsp3) is 1.00. The van der Waals surface area contributed by atoms with Crippen LogP contribution in [0, 0.1) is 0 Å². The van der Waals surface area contributed by atoms with Gasteiger partial charge in [0.05, 0.1) is 24.9 Å². The number of aliphatic hydroxyl groups excluding tert-OH is 2. The fourth-order valence-electron chi connectivity index (χ4n) is 0.912.